The van der Waals surface area contributed by atoms with E-state index in [-0.39, 0.29) is 12.0 Å². The molecular formula is C21H24N6O2. The third kappa shape index (κ3) is 4.78. The first-order valence-electron chi connectivity index (χ1n) is 9.68. The average Bonchev–Trinajstić information content (AvgIpc) is 3.17. The van der Waals surface area contributed by atoms with E-state index in [1.807, 2.05) is 36.4 Å². The average molecular weight is 392 g/mol. The summed E-state index contributed by atoms with van der Waals surface area (Å²) in [5, 5.41) is 14.9. The lowest BCUT2D eigenvalue weighted by atomic mass is 10.1. The molecule has 4 rings (SSSR count). The first-order valence-corrected chi connectivity index (χ1v) is 9.68. The number of aryl methyl sites for hydroxylation is 1. The first-order chi connectivity index (χ1) is 14.1. The number of carbonyl (C=O) groups excluding carboxylic acids is 1. The van der Waals surface area contributed by atoms with E-state index in [0.29, 0.717) is 11.4 Å². The fraction of sp³-hybridized carbons (Fsp3) is 0.333. The molecule has 150 valence electrons. The van der Waals surface area contributed by atoms with Crippen LogP contribution in [0, 0.1) is 0 Å². The van der Waals surface area contributed by atoms with Crippen molar-refractivity contribution in [1.82, 2.24) is 25.1 Å². The summed E-state index contributed by atoms with van der Waals surface area (Å²) >= 11 is 0. The molecule has 1 saturated heterocycles. The van der Waals surface area contributed by atoms with E-state index in [1.165, 1.54) is 4.80 Å². The lowest BCUT2D eigenvalue weighted by molar-refractivity contribution is 0.102. The molecule has 1 fully saturated rings. The number of hydrogen-bond acceptors (Lipinski definition) is 6. The number of benzene rings is 2. The SMILES string of the molecule is CN1CCC(Oc2ccc(NC(=O)c3ccc(-c4nnn(C)n4)cc3)cc2)CC1. The number of hydrogen-bond donors (Lipinski definition) is 1. The fourth-order valence-corrected chi connectivity index (χ4v) is 3.29. The zero-order valence-electron chi connectivity index (χ0n) is 16.6. The van der Waals surface area contributed by atoms with Crippen molar-refractivity contribution in [1.29, 1.82) is 0 Å². The van der Waals surface area contributed by atoms with Gasteiger partial charge in [-0.3, -0.25) is 4.79 Å². The summed E-state index contributed by atoms with van der Waals surface area (Å²) in [6.45, 7) is 2.12. The van der Waals surface area contributed by atoms with Crippen molar-refractivity contribution >= 4 is 11.6 Å². The highest BCUT2D eigenvalue weighted by Gasteiger charge is 2.18. The van der Waals surface area contributed by atoms with E-state index in [9.17, 15) is 4.79 Å². The topological polar surface area (TPSA) is 85.2 Å². The minimum absolute atomic E-state index is 0.173. The van der Waals surface area contributed by atoms with Gasteiger partial charge in [-0.1, -0.05) is 12.1 Å². The maximum Gasteiger partial charge on any atom is 0.255 e. The van der Waals surface area contributed by atoms with Gasteiger partial charge in [0.1, 0.15) is 11.9 Å². The zero-order chi connectivity index (χ0) is 20.2. The highest BCUT2D eigenvalue weighted by molar-refractivity contribution is 6.04. The Bertz CT molecular complexity index is 960. The maximum atomic E-state index is 12.5. The molecule has 3 aromatic rings. The molecule has 2 aromatic carbocycles. The van der Waals surface area contributed by atoms with Crippen LogP contribution in [-0.4, -0.2) is 57.3 Å². The third-order valence-corrected chi connectivity index (χ3v) is 4.99. The summed E-state index contributed by atoms with van der Waals surface area (Å²) in [7, 11) is 3.84. The van der Waals surface area contributed by atoms with Crippen molar-refractivity contribution < 1.29 is 9.53 Å². The molecule has 0 saturated carbocycles. The number of nitrogens with zero attached hydrogens (tertiary/aromatic N) is 5. The number of likely N-dealkylation sites (tertiary alicyclic amines) is 1. The van der Waals surface area contributed by atoms with Crippen molar-refractivity contribution in [3.63, 3.8) is 0 Å². The summed E-state index contributed by atoms with van der Waals surface area (Å²) in [5.74, 6) is 1.19. The molecule has 2 heterocycles. The predicted octanol–water partition coefficient (Wildman–Crippen LogP) is 2.60. The lowest BCUT2D eigenvalue weighted by Gasteiger charge is -2.29. The lowest BCUT2D eigenvalue weighted by Crippen LogP contribution is -2.35. The predicted molar refractivity (Wildman–Crippen MR) is 110 cm³/mol. The van der Waals surface area contributed by atoms with E-state index in [4.69, 9.17) is 4.74 Å². The molecule has 0 bridgehead atoms. The largest absolute Gasteiger partial charge is 0.490 e. The van der Waals surface area contributed by atoms with Gasteiger partial charge >= 0.3 is 0 Å². The summed E-state index contributed by atoms with van der Waals surface area (Å²) in [4.78, 5) is 16.2. The Hall–Kier alpha value is -3.26. The van der Waals surface area contributed by atoms with E-state index in [0.717, 1.165) is 42.9 Å². The Kier molecular flexibility index (Phi) is 5.53. The molecule has 0 unspecified atom stereocenters. The number of ether oxygens (including phenoxy) is 1. The Morgan fingerprint density at radius 1 is 1.03 bits per heavy atom. The molecule has 0 radical (unpaired) electrons. The second-order valence-electron chi connectivity index (χ2n) is 7.28. The molecular weight excluding hydrogens is 368 g/mol. The van der Waals surface area contributed by atoms with Crippen molar-refractivity contribution in [2.75, 3.05) is 25.5 Å². The molecule has 0 atom stereocenters. The molecule has 1 N–H and O–H groups in total. The summed E-state index contributed by atoms with van der Waals surface area (Å²) < 4.78 is 6.05. The van der Waals surface area contributed by atoms with Gasteiger partial charge in [0.05, 0.1) is 7.05 Å². The van der Waals surface area contributed by atoms with Crippen LogP contribution in [0.25, 0.3) is 11.4 Å². The molecule has 8 heteroatoms. The molecule has 0 spiro atoms. The van der Waals surface area contributed by atoms with Crippen molar-refractivity contribution in [3.05, 3.63) is 54.1 Å². The standard InChI is InChI=1S/C21H24N6O2/c1-26-13-11-19(12-14-26)29-18-9-7-17(8-10-18)22-21(28)16-5-3-15(4-6-16)20-23-25-27(2)24-20/h3-10,19H,11-14H2,1-2H3,(H,22,28). The first kappa shape index (κ1) is 19.1. The molecule has 0 aliphatic carbocycles. The molecule has 1 aliphatic rings. The number of rotatable bonds is 5. The van der Waals surface area contributed by atoms with Gasteiger partial charge in [-0.05, 0) is 61.5 Å². The fourth-order valence-electron chi connectivity index (χ4n) is 3.29. The normalized spacial score (nSPS) is 15.2. The van der Waals surface area contributed by atoms with Gasteiger partial charge in [-0.25, -0.2) is 0 Å². The third-order valence-electron chi connectivity index (χ3n) is 4.99. The van der Waals surface area contributed by atoms with E-state index >= 15 is 0 Å². The maximum absolute atomic E-state index is 12.5. The van der Waals surface area contributed by atoms with Crippen LogP contribution >= 0.6 is 0 Å². The summed E-state index contributed by atoms with van der Waals surface area (Å²) in [6, 6.07) is 14.6. The molecule has 1 amide bonds. The Morgan fingerprint density at radius 2 is 1.72 bits per heavy atom. The minimum Gasteiger partial charge on any atom is -0.490 e. The van der Waals surface area contributed by atoms with Gasteiger partial charge < -0.3 is 15.0 Å². The van der Waals surface area contributed by atoms with Crippen LogP contribution in [0.4, 0.5) is 5.69 Å². The van der Waals surface area contributed by atoms with Crippen molar-refractivity contribution in [2.24, 2.45) is 7.05 Å². The van der Waals surface area contributed by atoms with Gasteiger partial charge in [0.25, 0.3) is 5.91 Å². The second-order valence-corrected chi connectivity index (χ2v) is 7.28. The number of carbonyl (C=O) groups is 1. The van der Waals surface area contributed by atoms with Crippen LogP contribution in [0.2, 0.25) is 0 Å². The Morgan fingerprint density at radius 3 is 2.34 bits per heavy atom. The smallest absolute Gasteiger partial charge is 0.255 e. The van der Waals surface area contributed by atoms with E-state index in [2.05, 4.69) is 32.7 Å². The molecule has 1 aromatic heterocycles. The highest BCUT2D eigenvalue weighted by atomic mass is 16.5. The highest BCUT2D eigenvalue weighted by Crippen LogP contribution is 2.21. The number of nitrogens with one attached hydrogen (secondary N) is 1. The summed E-state index contributed by atoms with van der Waals surface area (Å²) in [6.07, 6.45) is 2.33. The zero-order valence-corrected chi connectivity index (χ0v) is 16.6. The van der Waals surface area contributed by atoms with Crippen LogP contribution in [0.1, 0.15) is 23.2 Å². The van der Waals surface area contributed by atoms with Crippen LogP contribution in [0.3, 0.4) is 0 Å². The van der Waals surface area contributed by atoms with Gasteiger partial charge in [0.15, 0.2) is 0 Å². The quantitative estimate of drug-likeness (QED) is 0.718. The summed E-state index contributed by atoms with van der Waals surface area (Å²) in [5.41, 5.74) is 2.10. The van der Waals surface area contributed by atoms with Gasteiger partial charge in [-0.15, -0.1) is 10.2 Å². The van der Waals surface area contributed by atoms with Gasteiger partial charge in [-0.2, -0.15) is 4.80 Å². The number of tetrazole rings is 1. The minimum atomic E-state index is -0.173. The molecule has 8 nitrogen and oxygen atoms in total. The Balaban J connectivity index is 1.34. The number of anilines is 1. The van der Waals surface area contributed by atoms with Gasteiger partial charge in [0.2, 0.25) is 5.82 Å². The van der Waals surface area contributed by atoms with Crippen LogP contribution in [0.15, 0.2) is 48.5 Å². The van der Waals surface area contributed by atoms with E-state index in [1.54, 1.807) is 19.2 Å². The Labute approximate surface area is 169 Å². The number of aromatic nitrogens is 4. The van der Waals surface area contributed by atoms with E-state index < -0.39 is 0 Å². The molecule has 29 heavy (non-hydrogen) atoms. The number of amides is 1. The monoisotopic (exact) mass is 392 g/mol. The molecule has 1 aliphatic heterocycles. The van der Waals surface area contributed by atoms with Crippen molar-refractivity contribution in [2.45, 2.75) is 18.9 Å². The van der Waals surface area contributed by atoms with Crippen LogP contribution in [0.5, 0.6) is 5.75 Å². The van der Waals surface area contributed by atoms with Gasteiger partial charge in [0, 0.05) is 29.9 Å². The van der Waals surface area contributed by atoms with Crippen LogP contribution < -0.4 is 10.1 Å². The van der Waals surface area contributed by atoms with Crippen molar-refractivity contribution in [3.8, 4) is 17.1 Å². The second kappa shape index (κ2) is 8.40. The number of piperidine rings is 1. The van der Waals surface area contributed by atoms with Crippen LogP contribution in [-0.2, 0) is 7.05 Å².